The summed E-state index contributed by atoms with van der Waals surface area (Å²) in [5.41, 5.74) is -0.955. The van der Waals surface area contributed by atoms with Crippen molar-refractivity contribution in [1.29, 1.82) is 0 Å². The summed E-state index contributed by atoms with van der Waals surface area (Å²) >= 11 is 0. The maximum Gasteiger partial charge on any atom is 0.282 e. The number of imide groups is 1. The monoisotopic (exact) mass is 330 g/mol. The molecule has 0 fully saturated rings. The lowest BCUT2D eigenvalue weighted by atomic mass is 9.97. The first-order valence-corrected chi connectivity index (χ1v) is 7.17. The highest BCUT2D eigenvalue weighted by Gasteiger charge is 2.41. The first-order chi connectivity index (χ1) is 11.2. The molecular weight excluding hydrogens is 316 g/mol. The molecular formula is C15H14N4O5. The van der Waals surface area contributed by atoms with Crippen molar-refractivity contribution in [3.05, 3.63) is 51.2 Å². The Morgan fingerprint density at radius 3 is 2.54 bits per heavy atom. The van der Waals surface area contributed by atoms with Crippen LogP contribution >= 0.6 is 0 Å². The third-order valence-corrected chi connectivity index (χ3v) is 3.58. The van der Waals surface area contributed by atoms with E-state index in [-0.39, 0.29) is 28.9 Å². The van der Waals surface area contributed by atoms with E-state index in [2.05, 4.69) is 10.1 Å². The number of nitro groups is 1. The Morgan fingerprint density at radius 1 is 1.25 bits per heavy atom. The molecule has 0 saturated carbocycles. The number of nitrogens with zero attached hydrogens (tertiary/aromatic N) is 4. The lowest BCUT2D eigenvalue weighted by molar-refractivity contribution is -0.385. The van der Waals surface area contributed by atoms with Crippen molar-refractivity contribution < 1.29 is 19.0 Å². The van der Waals surface area contributed by atoms with E-state index in [1.807, 2.05) is 20.8 Å². The summed E-state index contributed by atoms with van der Waals surface area (Å²) in [6.07, 6.45) is 0. The van der Waals surface area contributed by atoms with Crippen molar-refractivity contribution in [1.82, 2.24) is 15.0 Å². The summed E-state index contributed by atoms with van der Waals surface area (Å²) in [7, 11) is 0. The minimum absolute atomic E-state index is 0.00809. The number of rotatable bonds is 3. The van der Waals surface area contributed by atoms with Gasteiger partial charge in [0.05, 0.1) is 17.0 Å². The van der Waals surface area contributed by atoms with Crippen LogP contribution in [-0.4, -0.2) is 31.8 Å². The van der Waals surface area contributed by atoms with Crippen LogP contribution in [0.15, 0.2) is 22.7 Å². The highest BCUT2D eigenvalue weighted by Crippen LogP contribution is 2.31. The van der Waals surface area contributed by atoms with E-state index in [1.54, 1.807) is 0 Å². The summed E-state index contributed by atoms with van der Waals surface area (Å²) in [4.78, 5) is 40.3. The largest absolute Gasteiger partial charge is 0.339 e. The Hall–Kier alpha value is -3.10. The zero-order valence-electron chi connectivity index (χ0n) is 13.3. The highest BCUT2D eigenvalue weighted by atomic mass is 16.6. The minimum atomic E-state index is -0.732. The van der Waals surface area contributed by atoms with E-state index in [0.29, 0.717) is 5.89 Å². The second-order valence-corrected chi connectivity index (χ2v) is 6.42. The molecule has 2 heterocycles. The maximum absolute atomic E-state index is 12.5. The topological polar surface area (TPSA) is 119 Å². The molecule has 0 aliphatic carbocycles. The molecule has 0 spiro atoms. The van der Waals surface area contributed by atoms with Gasteiger partial charge in [-0.15, -0.1) is 0 Å². The third-order valence-electron chi connectivity index (χ3n) is 3.58. The van der Waals surface area contributed by atoms with Crippen LogP contribution in [0, 0.1) is 10.1 Å². The maximum atomic E-state index is 12.5. The zero-order chi connectivity index (χ0) is 17.6. The minimum Gasteiger partial charge on any atom is -0.339 e. The number of carbonyl (C=O) groups is 2. The Morgan fingerprint density at radius 2 is 1.96 bits per heavy atom. The fraction of sp³-hybridized carbons (Fsp3) is 0.333. The SMILES string of the molecule is CC(C)(C)c1nc(CN2C(=O)c3cccc([N+](=O)[O-])c3C2=O)no1. The van der Waals surface area contributed by atoms with Gasteiger partial charge in [0.15, 0.2) is 5.82 Å². The van der Waals surface area contributed by atoms with Crippen molar-refractivity contribution in [2.75, 3.05) is 0 Å². The molecule has 3 rings (SSSR count). The molecule has 0 bridgehead atoms. The molecule has 2 aromatic rings. The number of hydrogen-bond acceptors (Lipinski definition) is 7. The predicted octanol–water partition coefficient (Wildman–Crippen LogP) is 2.07. The molecule has 1 aliphatic heterocycles. The number of fused-ring (bicyclic) bond motifs is 1. The molecule has 0 radical (unpaired) electrons. The predicted molar refractivity (Wildman–Crippen MR) is 80.3 cm³/mol. The van der Waals surface area contributed by atoms with Gasteiger partial charge >= 0.3 is 0 Å². The van der Waals surface area contributed by atoms with Crippen LogP contribution in [0.2, 0.25) is 0 Å². The molecule has 9 heteroatoms. The molecule has 0 N–H and O–H groups in total. The van der Waals surface area contributed by atoms with Crippen molar-refractivity contribution in [2.24, 2.45) is 0 Å². The lowest BCUT2D eigenvalue weighted by Crippen LogP contribution is -2.29. The van der Waals surface area contributed by atoms with Crippen LogP contribution in [0.1, 0.15) is 53.2 Å². The smallest absolute Gasteiger partial charge is 0.282 e. The molecule has 0 unspecified atom stereocenters. The van der Waals surface area contributed by atoms with Crippen molar-refractivity contribution in [2.45, 2.75) is 32.7 Å². The Kier molecular flexibility index (Phi) is 3.43. The van der Waals surface area contributed by atoms with Gasteiger partial charge in [0.1, 0.15) is 5.56 Å². The van der Waals surface area contributed by atoms with Crippen LogP contribution < -0.4 is 0 Å². The molecule has 1 aromatic carbocycles. The lowest BCUT2D eigenvalue weighted by Gasteiger charge is -2.11. The van der Waals surface area contributed by atoms with E-state index in [0.717, 1.165) is 4.90 Å². The average molecular weight is 330 g/mol. The summed E-state index contributed by atoms with van der Waals surface area (Å²) in [5.74, 6) is -0.803. The van der Waals surface area contributed by atoms with Crippen LogP contribution in [-0.2, 0) is 12.0 Å². The highest BCUT2D eigenvalue weighted by molar-refractivity contribution is 6.23. The normalized spacial score (nSPS) is 14.2. The van der Waals surface area contributed by atoms with Gasteiger partial charge in [-0.3, -0.25) is 24.6 Å². The van der Waals surface area contributed by atoms with E-state index >= 15 is 0 Å². The van der Waals surface area contributed by atoms with Gasteiger partial charge < -0.3 is 4.52 Å². The average Bonchev–Trinajstić information content (AvgIpc) is 3.07. The number of hydrogen-bond donors (Lipinski definition) is 0. The van der Waals surface area contributed by atoms with Gasteiger partial charge in [0, 0.05) is 11.5 Å². The van der Waals surface area contributed by atoms with Gasteiger partial charge in [0.25, 0.3) is 17.5 Å². The van der Waals surface area contributed by atoms with Crippen LogP contribution in [0.4, 0.5) is 5.69 Å². The Balaban J connectivity index is 1.93. The van der Waals surface area contributed by atoms with Crippen molar-refractivity contribution >= 4 is 17.5 Å². The second kappa shape index (κ2) is 5.22. The van der Waals surface area contributed by atoms with E-state index in [1.165, 1.54) is 18.2 Å². The third kappa shape index (κ3) is 2.43. The first kappa shape index (κ1) is 15.8. The quantitative estimate of drug-likeness (QED) is 0.480. The molecule has 124 valence electrons. The van der Waals surface area contributed by atoms with E-state index in [4.69, 9.17) is 4.52 Å². The zero-order valence-corrected chi connectivity index (χ0v) is 13.3. The van der Waals surface area contributed by atoms with Crippen LogP contribution in [0.25, 0.3) is 0 Å². The first-order valence-electron chi connectivity index (χ1n) is 7.17. The molecule has 0 atom stereocenters. The molecule has 24 heavy (non-hydrogen) atoms. The van der Waals surface area contributed by atoms with Gasteiger partial charge in [0.2, 0.25) is 5.89 Å². The van der Waals surface area contributed by atoms with E-state index in [9.17, 15) is 19.7 Å². The Bertz CT molecular complexity index is 865. The summed E-state index contributed by atoms with van der Waals surface area (Å²) in [5, 5.41) is 14.8. The van der Waals surface area contributed by atoms with E-state index < -0.39 is 22.4 Å². The molecule has 1 aromatic heterocycles. The molecule has 1 aliphatic rings. The van der Waals surface area contributed by atoms with Crippen LogP contribution in [0.3, 0.4) is 0 Å². The number of benzene rings is 1. The molecule has 2 amide bonds. The van der Waals surface area contributed by atoms with Gasteiger partial charge in [-0.2, -0.15) is 4.98 Å². The Labute approximate surface area is 136 Å². The fourth-order valence-corrected chi connectivity index (χ4v) is 2.38. The molecule has 9 nitrogen and oxygen atoms in total. The van der Waals surface area contributed by atoms with Crippen molar-refractivity contribution in [3.63, 3.8) is 0 Å². The second-order valence-electron chi connectivity index (χ2n) is 6.42. The summed E-state index contributed by atoms with van der Waals surface area (Å²) in [6.45, 7) is 5.45. The van der Waals surface area contributed by atoms with Gasteiger partial charge in [-0.25, -0.2) is 0 Å². The van der Waals surface area contributed by atoms with Gasteiger partial charge in [-0.1, -0.05) is 32.0 Å². The molecule has 0 saturated heterocycles. The number of aromatic nitrogens is 2. The number of carbonyl (C=O) groups excluding carboxylic acids is 2. The summed E-state index contributed by atoms with van der Waals surface area (Å²) in [6, 6.07) is 3.96. The number of amides is 2. The van der Waals surface area contributed by atoms with Crippen molar-refractivity contribution in [3.8, 4) is 0 Å². The van der Waals surface area contributed by atoms with Gasteiger partial charge in [-0.05, 0) is 6.07 Å². The standard InChI is InChI=1S/C15H14N4O5/c1-15(2,3)14-16-10(17-24-14)7-18-12(20)8-5-4-6-9(19(22)23)11(8)13(18)21/h4-6H,7H2,1-3H3. The summed E-state index contributed by atoms with van der Waals surface area (Å²) < 4.78 is 5.13. The van der Waals surface area contributed by atoms with Crippen LogP contribution in [0.5, 0.6) is 0 Å². The fourth-order valence-electron chi connectivity index (χ4n) is 2.38. The number of nitro benzene ring substituents is 1.